The lowest BCUT2D eigenvalue weighted by molar-refractivity contribution is 0.432. The average Bonchev–Trinajstić information content (AvgIpc) is 3.24. The number of hydrogen-bond donors (Lipinski definition) is 0. The van der Waals surface area contributed by atoms with E-state index in [1.807, 2.05) is 32.0 Å². The summed E-state index contributed by atoms with van der Waals surface area (Å²) < 4.78 is 8.54. The van der Waals surface area contributed by atoms with Crippen molar-refractivity contribution in [1.29, 1.82) is 0 Å². The van der Waals surface area contributed by atoms with E-state index in [9.17, 15) is 4.79 Å². The van der Waals surface area contributed by atoms with Gasteiger partial charge in [-0.25, -0.2) is 9.67 Å². The van der Waals surface area contributed by atoms with Gasteiger partial charge in [-0.2, -0.15) is 10.1 Å². The Labute approximate surface area is 148 Å². The van der Waals surface area contributed by atoms with Crippen LogP contribution in [0.25, 0.3) is 28.7 Å². The van der Waals surface area contributed by atoms with Gasteiger partial charge in [0.05, 0.1) is 5.69 Å². The summed E-state index contributed by atoms with van der Waals surface area (Å²) >= 11 is 0. The third kappa shape index (κ3) is 2.81. The van der Waals surface area contributed by atoms with E-state index >= 15 is 0 Å². The third-order valence-electron chi connectivity index (χ3n) is 4.01. The fraction of sp³-hybridized carbons (Fsp3) is 0.167. The Hall–Kier alpha value is -3.55. The summed E-state index contributed by atoms with van der Waals surface area (Å²) in [6.07, 6.45) is 3.33. The number of nitrogens with zero attached hydrogens (tertiary/aromatic N) is 6. The zero-order valence-electron chi connectivity index (χ0n) is 14.5. The van der Waals surface area contributed by atoms with Crippen molar-refractivity contribution in [3.8, 4) is 28.7 Å². The molecule has 26 heavy (non-hydrogen) atoms. The highest BCUT2D eigenvalue weighted by Crippen LogP contribution is 2.21. The van der Waals surface area contributed by atoms with Gasteiger partial charge >= 0.3 is 0 Å². The van der Waals surface area contributed by atoms with Crippen LogP contribution in [0.2, 0.25) is 0 Å². The van der Waals surface area contributed by atoms with Crippen molar-refractivity contribution in [3.63, 3.8) is 0 Å². The summed E-state index contributed by atoms with van der Waals surface area (Å²) in [7, 11) is 1.68. The molecule has 4 rings (SSSR count). The molecule has 8 nitrogen and oxygen atoms in total. The predicted molar refractivity (Wildman–Crippen MR) is 94.8 cm³/mol. The van der Waals surface area contributed by atoms with Gasteiger partial charge in [-0.1, -0.05) is 5.16 Å². The molecule has 0 unspecified atom stereocenters. The first-order valence-corrected chi connectivity index (χ1v) is 8.02. The van der Waals surface area contributed by atoms with E-state index in [0.29, 0.717) is 22.8 Å². The molecular formula is C18H16N6O2. The van der Waals surface area contributed by atoms with Gasteiger partial charge in [0.15, 0.2) is 5.82 Å². The summed E-state index contributed by atoms with van der Waals surface area (Å²) in [4.78, 5) is 20.5. The molecule has 0 aliphatic heterocycles. The number of aromatic nitrogens is 6. The smallest absolute Gasteiger partial charge is 0.258 e. The van der Waals surface area contributed by atoms with E-state index in [1.54, 1.807) is 30.2 Å². The molecule has 4 heterocycles. The van der Waals surface area contributed by atoms with Crippen molar-refractivity contribution >= 4 is 0 Å². The lowest BCUT2D eigenvalue weighted by Crippen LogP contribution is -2.14. The maximum Gasteiger partial charge on any atom is 0.258 e. The SMILES string of the molecule is Cc1cc(C)n(-c2ccc(-c3noc(-c4ccn(C)c(=O)c4)n3)cn2)n1. The molecule has 8 heteroatoms. The molecule has 0 aromatic carbocycles. The van der Waals surface area contributed by atoms with E-state index < -0.39 is 0 Å². The quantitative estimate of drug-likeness (QED) is 0.564. The second kappa shape index (κ2) is 6.07. The Bertz CT molecular complexity index is 1140. The van der Waals surface area contributed by atoms with Crippen LogP contribution in [-0.2, 0) is 7.05 Å². The molecule has 0 spiro atoms. The number of pyridine rings is 2. The van der Waals surface area contributed by atoms with Crippen molar-refractivity contribution in [2.75, 3.05) is 0 Å². The highest BCUT2D eigenvalue weighted by Gasteiger charge is 2.12. The molecule has 0 bridgehead atoms. The van der Waals surface area contributed by atoms with Gasteiger partial charge in [-0.05, 0) is 38.1 Å². The summed E-state index contributed by atoms with van der Waals surface area (Å²) in [5.41, 5.74) is 3.10. The standard InChI is InChI=1S/C18H16N6O2/c1-11-8-12(2)24(21-11)15-5-4-14(10-19-15)17-20-18(26-22-17)13-6-7-23(3)16(25)9-13/h4-10H,1-3H3. The lowest BCUT2D eigenvalue weighted by Gasteiger charge is -2.03. The van der Waals surface area contributed by atoms with Crippen LogP contribution in [0.3, 0.4) is 0 Å². The molecule has 0 N–H and O–H groups in total. The zero-order valence-corrected chi connectivity index (χ0v) is 14.5. The van der Waals surface area contributed by atoms with Gasteiger partial charge < -0.3 is 9.09 Å². The number of rotatable bonds is 3. The van der Waals surface area contributed by atoms with Crippen LogP contribution in [-0.4, -0.2) is 29.5 Å². The van der Waals surface area contributed by atoms with E-state index in [4.69, 9.17) is 4.52 Å². The van der Waals surface area contributed by atoms with Gasteiger partial charge in [0, 0.05) is 42.3 Å². The van der Waals surface area contributed by atoms with Crippen LogP contribution in [0.4, 0.5) is 0 Å². The molecular weight excluding hydrogens is 332 g/mol. The Morgan fingerprint density at radius 2 is 1.92 bits per heavy atom. The first-order valence-electron chi connectivity index (χ1n) is 8.02. The highest BCUT2D eigenvalue weighted by molar-refractivity contribution is 5.59. The second-order valence-electron chi connectivity index (χ2n) is 6.03. The number of aryl methyl sites for hydroxylation is 3. The van der Waals surface area contributed by atoms with E-state index in [2.05, 4.69) is 20.2 Å². The lowest BCUT2D eigenvalue weighted by atomic mass is 10.2. The number of hydrogen-bond acceptors (Lipinski definition) is 6. The summed E-state index contributed by atoms with van der Waals surface area (Å²) in [5, 5.41) is 8.40. The molecule has 0 aliphatic rings. The Kier molecular flexibility index (Phi) is 3.72. The minimum atomic E-state index is -0.141. The molecule has 0 saturated carbocycles. The minimum Gasteiger partial charge on any atom is -0.334 e. The van der Waals surface area contributed by atoms with Crippen LogP contribution in [0.15, 0.2) is 52.0 Å². The van der Waals surface area contributed by atoms with Gasteiger partial charge in [0.25, 0.3) is 11.4 Å². The van der Waals surface area contributed by atoms with Crippen LogP contribution >= 0.6 is 0 Å². The van der Waals surface area contributed by atoms with E-state index in [1.165, 1.54) is 10.6 Å². The summed E-state index contributed by atoms with van der Waals surface area (Å²) in [5.74, 6) is 1.42. The van der Waals surface area contributed by atoms with Crippen molar-refractivity contribution in [1.82, 2.24) is 29.5 Å². The summed E-state index contributed by atoms with van der Waals surface area (Å²) in [6, 6.07) is 8.91. The van der Waals surface area contributed by atoms with E-state index in [0.717, 1.165) is 17.2 Å². The normalized spacial score (nSPS) is 11.0. The van der Waals surface area contributed by atoms with Gasteiger partial charge in [-0.15, -0.1) is 0 Å². The predicted octanol–water partition coefficient (Wildman–Crippen LogP) is 2.30. The Morgan fingerprint density at radius 1 is 1.08 bits per heavy atom. The molecule has 4 aromatic heterocycles. The maximum absolute atomic E-state index is 11.7. The second-order valence-corrected chi connectivity index (χ2v) is 6.03. The van der Waals surface area contributed by atoms with Crippen molar-refractivity contribution in [2.24, 2.45) is 7.05 Å². The fourth-order valence-electron chi connectivity index (χ4n) is 2.64. The molecule has 0 atom stereocenters. The third-order valence-corrected chi connectivity index (χ3v) is 4.01. The fourth-order valence-corrected chi connectivity index (χ4v) is 2.64. The molecule has 0 radical (unpaired) electrons. The molecule has 4 aromatic rings. The topological polar surface area (TPSA) is 91.6 Å². The highest BCUT2D eigenvalue weighted by atomic mass is 16.5. The van der Waals surface area contributed by atoms with Crippen molar-refractivity contribution in [3.05, 3.63) is 64.5 Å². The molecule has 0 aliphatic carbocycles. The average molecular weight is 348 g/mol. The molecule has 0 amide bonds. The maximum atomic E-state index is 11.7. The van der Waals surface area contributed by atoms with Crippen LogP contribution < -0.4 is 5.56 Å². The molecule has 130 valence electrons. The van der Waals surface area contributed by atoms with E-state index in [-0.39, 0.29) is 5.56 Å². The first-order chi connectivity index (χ1) is 12.5. The van der Waals surface area contributed by atoms with Crippen molar-refractivity contribution in [2.45, 2.75) is 13.8 Å². The molecule has 0 fully saturated rings. The van der Waals surface area contributed by atoms with Crippen LogP contribution in [0.1, 0.15) is 11.4 Å². The summed E-state index contributed by atoms with van der Waals surface area (Å²) in [6.45, 7) is 3.92. The largest absolute Gasteiger partial charge is 0.334 e. The van der Waals surface area contributed by atoms with Gasteiger partial charge in [0.1, 0.15) is 0 Å². The van der Waals surface area contributed by atoms with Gasteiger partial charge in [0.2, 0.25) is 5.82 Å². The van der Waals surface area contributed by atoms with Crippen molar-refractivity contribution < 1.29 is 4.52 Å². The first kappa shape index (κ1) is 15.9. The Morgan fingerprint density at radius 3 is 2.58 bits per heavy atom. The zero-order chi connectivity index (χ0) is 18.3. The van der Waals surface area contributed by atoms with Crippen LogP contribution in [0.5, 0.6) is 0 Å². The minimum absolute atomic E-state index is 0.141. The monoisotopic (exact) mass is 348 g/mol. The van der Waals surface area contributed by atoms with Gasteiger partial charge in [-0.3, -0.25) is 4.79 Å². The Balaban J connectivity index is 1.64. The molecule has 0 saturated heterocycles. The van der Waals surface area contributed by atoms with Crippen LogP contribution in [0, 0.1) is 13.8 Å².